The lowest BCUT2D eigenvalue weighted by molar-refractivity contribution is 0.415. The van der Waals surface area contributed by atoms with Crippen molar-refractivity contribution in [3.8, 4) is 5.75 Å². The van der Waals surface area contributed by atoms with Crippen molar-refractivity contribution >= 4 is 39.7 Å². The number of nitrogens with zero attached hydrogens (tertiary/aromatic N) is 2. The van der Waals surface area contributed by atoms with E-state index in [9.17, 15) is 0 Å². The van der Waals surface area contributed by atoms with Crippen LogP contribution in [0.3, 0.4) is 0 Å². The van der Waals surface area contributed by atoms with Crippen molar-refractivity contribution in [2.24, 2.45) is 12.0 Å². The predicted molar refractivity (Wildman–Crippen MR) is 101 cm³/mol. The lowest BCUT2D eigenvalue weighted by atomic mass is 10.1. The van der Waals surface area contributed by atoms with E-state index >= 15 is 0 Å². The highest BCUT2D eigenvalue weighted by Gasteiger charge is 2.07. The summed E-state index contributed by atoms with van der Waals surface area (Å²) in [6.45, 7) is 0. The zero-order valence-corrected chi connectivity index (χ0v) is 13.7. The third-order valence-corrected chi connectivity index (χ3v) is 4.41. The predicted octanol–water partition coefficient (Wildman–Crippen LogP) is 4.24. The van der Waals surface area contributed by atoms with E-state index in [0.717, 1.165) is 11.4 Å². The molecule has 1 heterocycles. The lowest BCUT2D eigenvalue weighted by Crippen LogP contribution is -2.12. The standard InChI is InChI=1S/C21H18N2O/c1-23-19(13-14-22-16-9-11-17(24-2)12-10-16)18-7-3-5-15-6-4-8-20(23)21(15)18/h3-14H,1-2H3/b19-13-,22-14?. The molecule has 0 saturated carbocycles. The van der Waals surface area contributed by atoms with Crippen LogP contribution in [-0.4, -0.2) is 17.9 Å². The maximum Gasteiger partial charge on any atom is 0.119 e. The van der Waals surface area contributed by atoms with Gasteiger partial charge in [-0.05, 0) is 41.8 Å². The summed E-state index contributed by atoms with van der Waals surface area (Å²) in [4.78, 5) is 4.52. The van der Waals surface area contributed by atoms with Crippen molar-refractivity contribution in [2.45, 2.75) is 0 Å². The van der Waals surface area contributed by atoms with E-state index in [1.165, 1.54) is 27.0 Å². The van der Waals surface area contributed by atoms with E-state index in [1.54, 1.807) is 7.11 Å². The van der Waals surface area contributed by atoms with Gasteiger partial charge in [-0.1, -0.05) is 30.3 Å². The summed E-state index contributed by atoms with van der Waals surface area (Å²) in [5.41, 5.74) is 2.15. The zero-order valence-electron chi connectivity index (χ0n) is 13.7. The second-order valence-corrected chi connectivity index (χ2v) is 5.77. The first-order chi connectivity index (χ1) is 11.8. The molecular weight excluding hydrogens is 296 g/mol. The van der Waals surface area contributed by atoms with Crippen LogP contribution in [0, 0.1) is 0 Å². The van der Waals surface area contributed by atoms with Crippen LogP contribution < -0.4 is 10.1 Å². The number of hydrogen-bond donors (Lipinski definition) is 0. The first-order valence-corrected chi connectivity index (χ1v) is 7.92. The van der Waals surface area contributed by atoms with Crippen LogP contribution in [0.1, 0.15) is 0 Å². The van der Waals surface area contributed by atoms with Crippen LogP contribution in [0.5, 0.6) is 5.75 Å². The summed E-state index contributed by atoms with van der Waals surface area (Å²) in [7, 11) is 3.76. The number of hydrogen-bond acceptors (Lipinski definition) is 2. The molecule has 0 bridgehead atoms. The summed E-state index contributed by atoms with van der Waals surface area (Å²) in [6, 6.07) is 20.6. The fraction of sp³-hybridized carbons (Fsp3) is 0.0952. The molecule has 4 rings (SSSR count). The third-order valence-electron chi connectivity index (χ3n) is 4.41. The Labute approximate surface area is 140 Å². The maximum absolute atomic E-state index is 5.17. The molecule has 1 aromatic heterocycles. The minimum absolute atomic E-state index is 0.838. The molecule has 0 atom stereocenters. The number of aliphatic imine (C=N–C) groups is 1. The number of aryl methyl sites for hydroxylation is 1. The molecule has 0 aliphatic heterocycles. The van der Waals surface area contributed by atoms with Gasteiger partial charge in [0, 0.05) is 29.6 Å². The summed E-state index contributed by atoms with van der Waals surface area (Å²) < 4.78 is 7.39. The van der Waals surface area contributed by atoms with Gasteiger partial charge in [-0.15, -0.1) is 0 Å². The zero-order chi connectivity index (χ0) is 16.5. The van der Waals surface area contributed by atoms with Crippen molar-refractivity contribution in [3.05, 3.63) is 66.0 Å². The van der Waals surface area contributed by atoms with E-state index < -0.39 is 0 Å². The van der Waals surface area contributed by atoms with E-state index in [2.05, 4.69) is 59.1 Å². The van der Waals surface area contributed by atoms with Gasteiger partial charge in [-0.3, -0.25) is 4.99 Å². The second kappa shape index (κ2) is 5.85. The Morgan fingerprint density at radius 3 is 2.46 bits per heavy atom. The molecule has 118 valence electrons. The second-order valence-electron chi connectivity index (χ2n) is 5.77. The molecule has 3 heteroatoms. The van der Waals surface area contributed by atoms with Gasteiger partial charge in [0.25, 0.3) is 0 Å². The van der Waals surface area contributed by atoms with Gasteiger partial charge in [0.2, 0.25) is 0 Å². The van der Waals surface area contributed by atoms with E-state index in [-0.39, 0.29) is 0 Å². The summed E-state index contributed by atoms with van der Waals surface area (Å²) in [5, 5.41) is 5.00. The van der Waals surface area contributed by atoms with Gasteiger partial charge < -0.3 is 9.30 Å². The fourth-order valence-electron chi connectivity index (χ4n) is 3.19. The molecule has 0 aliphatic carbocycles. The van der Waals surface area contributed by atoms with Gasteiger partial charge in [0.1, 0.15) is 5.75 Å². The molecule has 3 nitrogen and oxygen atoms in total. The quantitative estimate of drug-likeness (QED) is 0.519. The minimum atomic E-state index is 0.838. The monoisotopic (exact) mass is 314 g/mol. The summed E-state index contributed by atoms with van der Waals surface area (Å²) in [5.74, 6) is 0.838. The van der Waals surface area contributed by atoms with Gasteiger partial charge in [-0.2, -0.15) is 0 Å². The number of methoxy groups -OCH3 is 1. The number of ether oxygens (including phenoxy) is 1. The molecule has 4 aromatic rings. The SMILES string of the molecule is COc1ccc(N=C/C=c2/c3cccc4cccc(c43)n2C)cc1. The molecule has 0 amide bonds. The molecule has 0 unspecified atom stereocenters. The molecule has 0 saturated heterocycles. The van der Waals surface area contributed by atoms with Crippen molar-refractivity contribution in [1.82, 2.24) is 4.57 Å². The van der Waals surface area contributed by atoms with Crippen LogP contribution in [-0.2, 0) is 7.05 Å². The minimum Gasteiger partial charge on any atom is -0.497 e. The Balaban J connectivity index is 1.81. The maximum atomic E-state index is 5.17. The average Bonchev–Trinajstić information content (AvgIpc) is 2.90. The first kappa shape index (κ1) is 14.5. The van der Waals surface area contributed by atoms with Crippen LogP contribution in [0.4, 0.5) is 5.69 Å². The fourth-order valence-corrected chi connectivity index (χ4v) is 3.19. The van der Waals surface area contributed by atoms with Crippen molar-refractivity contribution in [3.63, 3.8) is 0 Å². The Hall–Kier alpha value is -3.07. The van der Waals surface area contributed by atoms with Crippen molar-refractivity contribution in [2.75, 3.05) is 7.11 Å². The van der Waals surface area contributed by atoms with E-state index in [0.29, 0.717) is 0 Å². The molecule has 0 fully saturated rings. The average molecular weight is 314 g/mol. The van der Waals surface area contributed by atoms with Crippen molar-refractivity contribution < 1.29 is 4.74 Å². The van der Waals surface area contributed by atoms with Gasteiger partial charge >= 0.3 is 0 Å². The normalized spacial score (nSPS) is 12.7. The Morgan fingerprint density at radius 2 is 1.71 bits per heavy atom. The highest BCUT2D eigenvalue weighted by atomic mass is 16.5. The smallest absolute Gasteiger partial charge is 0.119 e. The van der Waals surface area contributed by atoms with E-state index in [4.69, 9.17) is 4.74 Å². The molecule has 3 aromatic carbocycles. The van der Waals surface area contributed by atoms with Crippen LogP contribution >= 0.6 is 0 Å². The summed E-state index contributed by atoms with van der Waals surface area (Å²) >= 11 is 0. The molecule has 0 radical (unpaired) electrons. The number of rotatable bonds is 3. The Kier molecular flexibility index (Phi) is 3.54. The molecule has 0 spiro atoms. The molecule has 0 aliphatic rings. The molecular formula is C21H18N2O. The number of benzene rings is 3. The van der Waals surface area contributed by atoms with Gasteiger partial charge in [0.15, 0.2) is 0 Å². The largest absolute Gasteiger partial charge is 0.497 e. The topological polar surface area (TPSA) is 26.5 Å². The highest BCUT2D eigenvalue weighted by molar-refractivity contribution is 6.11. The summed E-state index contributed by atoms with van der Waals surface area (Å²) in [6.07, 6.45) is 3.93. The van der Waals surface area contributed by atoms with Crippen LogP contribution in [0.2, 0.25) is 0 Å². The number of aromatic nitrogens is 1. The third kappa shape index (κ3) is 2.35. The Bertz CT molecular complexity index is 1080. The molecule has 24 heavy (non-hydrogen) atoms. The lowest BCUT2D eigenvalue weighted by Gasteiger charge is -1.98. The first-order valence-electron chi connectivity index (χ1n) is 7.92. The van der Waals surface area contributed by atoms with Crippen molar-refractivity contribution in [1.29, 1.82) is 0 Å². The van der Waals surface area contributed by atoms with Crippen LogP contribution in [0.15, 0.2) is 65.7 Å². The van der Waals surface area contributed by atoms with Crippen LogP contribution in [0.25, 0.3) is 27.8 Å². The van der Waals surface area contributed by atoms with Gasteiger partial charge in [-0.25, -0.2) is 0 Å². The molecule has 0 N–H and O–H groups in total. The Morgan fingerprint density at radius 1 is 0.958 bits per heavy atom. The van der Waals surface area contributed by atoms with E-state index in [1.807, 2.05) is 30.5 Å². The highest BCUT2D eigenvalue weighted by Crippen LogP contribution is 2.24. The van der Waals surface area contributed by atoms with Gasteiger partial charge in [0.05, 0.1) is 18.1 Å².